The van der Waals surface area contributed by atoms with E-state index < -0.39 is 0 Å². The van der Waals surface area contributed by atoms with Gasteiger partial charge in [0.25, 0.3) is 0 Å². The molecule has 0 aliphatic rings. The molecule has 3 aromatic carbocycles. The van der Waals surface area contributed by atoms with Crippen LogP contribution in [0.2, 0.25) is 0 Å². The highest BCUT2D eigenvalue weighted by atomic mass is 32.2. The number of nitrogens with one attached hydrogen (secondary N) is 1. The number of hydrogen-bond acceptors (Lipinski definition) is 4. The molecule has 0 aliphatic carbocycles. The predicted molar refractivity (Wildman–Crippen MR) is 115 cm³/mol. The zero-order valence-electron chi connectivity index (χ0n) is 15.7. The number of aryl methyl sites for hydroxylation is 1. The third-order valence-electron chi connectivity index (χ3n) is 4.49. The van der Waals surface area contributed by atoms with Gasteiger partial charge in [-0.15, -0.1) is 10.2 Å². The average molecular weight is 403 g/mol. The van der Waals surface area contributed by atoms with E-state index in [1.54, 1.807) is 19.1 Å². The van der Waals surface area contributed by atoms with Crippen LogP contribution >= 0.6 is 11.8 Å². The van der Waals surface area contributed by atoms with Gasteiger partial charge in [0.15, 0.2) is 0 Å². The van der Waals surface area contributed by atoms with Crippen molar-refractivity contribution in [2.24, 2.45) is 0 Å². The van der Waals surface area contributed by atoms with E-state index in [0.717, 1.165) is 16.6 Å². The van der Waals surface area contributed by atoms with Crippen LogP contribution in [0.1, 0.15) is 5.56 Å². The monoisotopic (exact) mass is 403 g/mol. The third kappa shape index (κ3) is 4.60. The molecule has 0 saturated heterocycles. The Labute approximate surface area is 172 Å². The molecule has 1 heterocycles. The Bertz CT molecular complexity index is 1180. The number of benzene rings is 3. The van der Waals surface area contributed by atoms with Gasteiger partial charge in [-0.05, 0) is 53.6 Å². The quantitative estimate of drug-likeness (QED) is 0.449. The second kappa shape index (κ2) is 8.41. The lowest BCUT2D eigenvalue weighted by Gasteiger charge is -2.06. The fraction of sp³-hybridized carbons (Fsp3) is 0.0870. The second-order valence-electron chi connectivity index (χ2n) is 6.62. The molecule has 0 fully saturated rings. The van der Waals surface area contributed by atoms with Crippen LogP contribution in [0.15, 0.2) is 77.8 Å². The lowest BCUT2D eigenvalue weighted by atomic mass is 10.1. The van der Waals surface area contributed by atoms with Gasteiger partial charge in [-0.1, -0.05) is 54.2 Å². The van der Waals surface area contributed by atoms with E-state index in [0.29, 0.717) is 16.3 Å². The van der Waals surface area contributed by atoms with Crippen molar-refractivity contribution in [2.75, 3.05) is 11.1 Å². The summed E-state index contributed by atoms with van der Waals surface area (Å²) in [5.41, 5.74) is 2.75. The summed E-state index contributed by atoms with van der Waals surface area (Å²) in [6.07, 6.45) is 0. The van der Waals surface area contributed by atoms with E-state index in [9.17, 15) is 9.18 Å². The SMILES string of the molecule is Cc1ccc(NC(=O)CSc2ccc(-c3ccc4ccccc4c3)nn2)cc1F. The van der Waals surface area contributed by atoms with E-state index in [4.69, 9.17) is 0 Å². The first-order valence-electron chi connectivity index (χ1n) is 9.10. The molecule has 4 rings (SSSR count). The van der Waals surface area contributed by atoms with Gasteiger partial charge in [0.2, 0.25) is 5.91 Å². The van der Waals surface area contributed by atoms with Crippen molar-refractivity contribution in [1.82, 2.24) is 10.2 Å². The van der Waals surface area contributed by atoms with Crippen LogP contribution in [0.5, 0.6) is 0 Å². The summed E-state index contributed by atoms with van der Waals surface area (Å²) in [5, 5.41) is 14.2. The van der Waals surface area contributed by atoms with Crippen molar-refractivity contribution in [3.8, 4) is 11.3 Å². The molecule has 4 nitrogen and oxygen atoms in total. The highest BCUT2D eigenvalue weighted by Crippen LogP contribution is 2.24. The Morgan fingerprint density at radius 3 is 2.55 bits per heavy atom. The van der Waals surface area contributed by atoms with E-state index in [1.807, 2.05) is 30.3 Å². The summed E-state index contributed by atoms with van der Waals surface area (Å²) in [7, 11) is 0. The Hall–Kier alpha value is -3.25. The van der Waals surface area contributed by atoms with Crippen LogP contribution in [-0.2, 0) is 4.79 Å². The molecule has 1 amide bonds. The Balaban J connectivity index is 1.38. The van der Waals surface area contributed by atoms with Crippen molar-refractivity contribution in [2.45, 2.75) is 11.9 Å². The summed E-state index contributed by atoms with van der Waals surface area (Å²) < 4.78 is 13.6. The summed E-state index contributed by atoms with van der Waals surface area (Å²) in [6.45, 7) is 1.68. The number of carbonyl (C=O) groups excluding carboxylic acids is 1. The van der Waals surface area contributed by atoms with Crippen LogP contribution in [0, 0.1) is 12.7 Å². The van der Waals surface area contributed by atoms with E-state index in [1.165, 1.54) is 23.2 Å². The fourth-order valence-electron chi connectivity index (χ4n) is 2.91. The van der Waals surface area contributed by atoms with Crippen molar-refractivity contribution in [1.29, 1.82) is 0 Å². The third-order valence-corrected chi connectivity index (χ3v) is 5.41. The summed E-state index contributed by atoms with van der Waals surface area (Å²) >= 11 is 1.28. The van der Waals surface area contributed by atoms with Gasteiger partial charge in [-0.25, -0.2) is 4.39 Å². The van der Waals surface area contributed by atoms with Crippen LogP contribution < -0.4 is 5.32 Å². The number of rotatable bonds is 5. The highest BCUT2D eigenvalue weighted by Gasteiger charge is 2.08. The molecule has 0 bridgehead atoms. The van der Waals surface area contributed by atoms with E-state index in [-0.39, 0.29) is 17.5 Å². The fourth-order valence-corrected chi connectivity index (χ4v) is 3.52. The maximum Gasteiger partial charge on any atom is 0.234 e. The standard InChI is InChI=1S/C23H18FN3OS/c1-15-6-9-19(13-20(15)24)25-22(28)14-29-23-11-10-21(26-27-23)18-8-7-16-4-2-3-5-17(16)12-18/h2-13H,14H2,1H3,(H,25,28). The van der Waals surface area contributed by atoms with Crippen molar-refractivity contribution in [3.05, 3.63) is 84.2 Å². The number of fused-ring (bicyclic) bond motifs is 1. The molecule has 0 unspecified atom stereocenters. The van der Waals surface area contributed by atoms with Crippen molar-refractivity contribution >= 4 is 34.1 Å². The summed E-state index contributed by atoms with van der Waals surface area (Å²) in [5.74, 6) is -0.399. The molecule has 0 spiro atoms. The summed E-state index contributed by atoms with van der Waals surface area (Å²) in [4.78, 5) is 12.1. The maximum absolute atomic E-state index is 13.6. The maximum atomic E-state index is 13.6. The van der Waals surface area contributed by atoms with E-state index in [2.05, 4.69) is 39.8 Å². The molecule has 6 heteroatoms. The van der Waals surface area contributed by atoms with Crippen molar-refractivity contribution in [3.63, 3.8) is 0 Å². The number of carbonyl (C=O) groups is 1. The molecule has 0 atom stereocenters. The number of amides is 1. The van der Waals surface area contributed by atoms with E-state index >= 15 is 0 Å². The molecule has 0 saturated carbocycles. The normalized spacial score (nSPS) is 10.8. The molecule has 1 aromatic heterocycles. The molecule has 0 radical (unpaired) electrons. The number of thioether (sulfide) groups is 1. The first kappa shape index (κ1) is 19.1. The van der Waals surface area contributed by atoms with Crippen LogP contribution in [0.4, 0.5) is 10.1 Å². The van der Waals surface area contributed by atoms with Crippen LogP contribution in [-0.4, -0.2) is 21.9 Å². The Morgan fingerprint density at radius 1 is 0.966 bits per heavy atom. The average Bonchev–Trinajstić information content (AvgIpc) is 2.75. The molecule has 144 valence electrons. The van der Waals surface area contributed by atoms with Gasteiger partial charge in [-0.3, -0.25) is 4.79 Å². The minimum atomic E-state index is -0.342. The van der Waals surface area contributed by atoms with Crippen LogP contribution in [0.25, 0.3) is 22.0 Å². The second-order valence-corrected chi connectivity index (χ2v) is 7.62. The number of aromatic nitrogens is 2. The number of hydrogen-bond donors (Lipinski definition) is 1. The minimum Gasteiger partial charge on any atom is -0.325 e. The molecule has 0 aliphatic heterocycles. The number of halogens is 1. The largest absolute Gasteiger partial charge is 0.325 e. The minimum absolute atomic E-state index is 0.166. The highest BCUT2D eigenvalue weighted by molar-refractivity contribution is 7.99. The zero-order valence-corrected chi connectivity index (χ0v) is 16.5. The van der Waals surface area contributed by atoms with Crippen molar-refractivity contribution < 1.29 is 9.18 Å². The van der Waals surface area contributed by atoms with Gasteiger partial charge < -0.3 is 5.32 Å². The Morgan fingerprint density at radius 2 is 1.79 bits per heavy atom. The molecular weight excluding hydrogens is 385 g/mol. The summed E-state index contributed by atoms with van der Waals surface area (Å²) in [6, 6.07) is 22.7. The lowest BCUT2D eigenvalue weighted by Crippen LogP contribution is -2.14. The van der Waals surface area contributed by atoms with Gasteiger partial charge in [0, 0.05) is 11.3 Å². The Kier molecular flexibility index (Phi) is 5.53. The molecule has 29 heavy (non-hydrogen) atoms. The predicted octanol–water partition coefficient (Wildman–Crippen LogP) is 5.48. The molecule has 1 N–H and O–H groups in total. The van der Waals surface area contributed by atoms with Gasteiger partial charge in [-0.2, -0.15) is 0 Å². The zero-order chi connectivity index (χ0) is 20.2. The number of nitrogens with zero attached hydrogens (tertiary/aromatic N) is 2. The first-order valence-corrected chi connectivity index (χ1v) is 10.1. The topological polar surface area (TPSA) is 54.9 Å². The smallest absolute Gasteiger partial charge is 0.234 e. The van der Waals surface area contributed by atoms with Gasteiger partial charge >= 0.3 is 0 Å². The molecular formula is C23H18FN3OS. The van der Waals surface area contributed by atoms with Crippen LogP contribution in [0.3, 0.4) is 0 Å². The lowest BCUT2D eigenvalue weighted by molar-refractivity contribution is -0.113. The first-order chi connectivity index (χ1) is 14.1. The number of anilines is 1. The molecule has 4 aromatic rings. The van der Waals surface area contributed by atoms with Gasteiger partial charge in [0.1, 0.15) is 10.8 Å². The van der Waals surface area contributed by atoms with Gasteiger partial charge in [0.05, 0.1) is 11.4 Å².